The number of methoxy groups -OCH3 is 1. The van der Waals surface area contributed by atoms with Crippen LogP contribution in [0.5, 0.6) is 0 Å². The molecule has 2 aliphatic rings. The van der Waals surface area contributed by atoms with Gasteiger partial charge in [-0.2, -0.15) is 0 Å². The summed E-state index contributed by atoms with van der Waals surface area (Å²) in [4.78, 5) is 15.4. The second kappa shape index (κ2) is 3.18. The molecule has 0 aromatic carbocycles. The topological polar surface area (TPSA) is 32.8 Å². The second-order valence-corrected chi connectivity index (χ2v) is 4.12. The van der Waals surface area contributed by atoms with Gasteiger partial charge in [0.1, 0.15) is 0 Å². The van der Waals surface area contributed by atoms with E-state index in [9.17, 15) is 4.79 Å². The van der Waals surface area contributed by atoms with Crippen molar-refractivity contribution in [2.75, 3.05) is 40.3 Å². The maximum atomic E-state index is 11.2. The summed E-state index contributed by atoms with van der Waals surface area (Å²) in [5.41, 5.74) is 0. The fraction of sp³-hybridized carbons (Fsp3) is 0.889. The van der Waals surface area contributed by atoms with Gasteiger partial charge in [-0.05, 0) is 18.9 Å². The van der Waals surface area contributed by atoms with Crippen LogP contribution in [0.1, 0.15) is 0 Å². The molecule has 2 unspecified atom stereocenters. The van der Waals surface area contributed by atoms with Crippen molar-refractivity contribution in [1.82, 2.24) is 9.80 Å². The van der Waals surface area contributed by atoms with Crippen molar-refractivity contribution in [1.29, 1.82) is 0 Å². The van der Waals surface area contributed by atoms with Gasteiger partial charge in [0.2, 0.25) is 0 Å². The molecule has 2 aliphatic heterocycles. The summed E-state index contributed by atoms with van der Waals surface area (Å²) < 4.78 is 4.70. The van der Waals surface area contributed by atoms with Gasteiger partial charge in [0, 0.05) is 26.2 Å². The third-order valence-electron chi connectivity index (χ3n) is 3.10. The molecule has 0 radical (unpaired) electrons. The number of ether oxygens (including phenoxy) is 1. The lowest BCUT2D eigenvalue weighted by Gasteiger charge is -2.17. The van der Waals surface area contributed by atoms with Crippen molar-refractivity contribution in [3.8, 4) is 0 Å². The molecule has 0 N–H and O–H groups in total. The molecule has 4 nitrogen and oxygen atoms in total. The Balaban J connectivity index is 1.93. The number of nitrogens with zero attached hydrogens (tertiary/aromatic N) is 2. The molecule has 0 spiro atoms. The van der Waals surface area contributed by atoms with E-state index in [2.05, 4.69) is 11.9 Å². The molecule has 2 heterocycles. The zero-order valence-corrected chi connectivity index (χ0v) is 8.19. The zero-order valence-electron chi connectivity index (χ0n) is 8.19. The molecule has 2 saturated heterocycles. The zero-order chi connectivity index (χ0) is 9.42. The molecule has 2 atom stereocenters. The van der Waals surface area contributed by atoms with E-state index in [1.165, 1.54) is 7.11 Å². The van der Waals surface area contributed by atoms with Gasteiger partial charge in [0.25, 0.3) is 0 Å². The molecule has 0 saturated carbocycles. The van der Waals surface area contributed by atoms with Crippen LogP contribution in [0, 0.1) is 11.8 Å². The number of fused-ring (bicyclic) bond motifs is 1. The highest BCUT2D eigenvalue weighted by molar-refractivity contribution is 5.67. The second-order valence-electron chi connectivity index (χ2n) is 4.12. The van der Waals surface area contributed by atoms with E-state index in [1.807, 2.05) is 4.90 Å². The molecule has 4 heteroatoms. The molecule has 2 fully saturated rings. The first-order valence-electron chi connectivity index (χ1n) is 4.72. The largest absolute Gasteiger partial charge is 0.453 e. The summed E-state index contributed by atoms with van der Waals surface area (Å²) in [6, 6.07) is 0. The van der Waals surface area contributed by atoms with Crippen LogP contribution in [0.4, 0.5) is 4.79 Å². The average molecular weight is 184 g/mol. The molecule has 0 bridgehead atoms. The predicted molar refractivity (Wildman–Crippen MR) is 48.5 cm³/mol. The third-order valence-corrected chi connectivity index (χ3v) is 3.10. The minimum Gasteiger partial charge on any atom is -0.453 e. The average Bonchev–Trinajstić information content (AvgIpc) is 2.59. The normalized spacial score (nSPS) is 33.5. The highest BCUT2D eigenvalue weighted by Crippen LogP contribution is 2.30. The van der Waals surface area contributed by atoms with Crippen LogP contribution in [0.15, 0.2) is 0 Å². The van der Waals surface area contributed by atoms with Gasteiger partial charge >= 0.3 is 6.09 Å². The molecule has 1 amide bonds. The Morgan fingerprint density at radius 1 is 1.23 bits per heavy atom. The van der Waals surface area contributed by atoms with E-state index in [0.29, 0.717) is 11.8 Å². The van der Waals surface area contributed by atoms with Crippen molar-refractivity contribution in [3.63, 3.8) is 0 Å². The lowest BCUT2D eigenvalue weighted by Crippen LogP contribution is -2.32. The van der Waals surface area contributed by atoms with Crippen LogP contribution in [0.3, 0.4) is 0 Å². The standard InChI is InChI=1S/C9H16N2O2/c1-10-3-7-5-11(9(12)13-2)6-8(7)4-10/h7-8H,3-6H2,1-2H3. The van der Waals surface area contributed by atoms with E-state index in [4.69, 9.17) is 4.74 Å². The summed E-state index contributed by atoms with van der Waals surface area (Å²) in [7, 11) is 3.59. The number of hydrogen-bond acceptors (Lipinski definition) is 3. The minimum atomic E-state index is -0.169. The SMILES string of the molecule is COC(=O)N1CC2CN(C)CC2C1. The first-order chi connectivity index (χ1) is 6.20. The number of hydrogen-bond donors (Lipinski definition) is 0. The Hall–Kier alpha value is -0.770. The van der Waals surface area contributed by atoms with Gasteiger partial charge in [-0.3, -0.25) is 0 Å². The fourth-order valence-corrected chi connectivity index (χ4v) is 2.51. The van der Waals surface area contributed by atoms with Crippen molar-refractivity contribution in [2.24, 2.45) is 11.8 Å². The molecule has 0 aliphatic carbocycles. The highest BCUT2D eigenvalue weighted by atomic mass is 16.5. The fourth-order valence-electron chi connectivity index (χ4n) is 2.51. The van der Waals surface area contributed by atoms with Gasteiger partial charge in [-0.15, -0.1) is 0 Å². The van der Waals surface area contributed by atoms with Crippen LogP contribution in [0.2, 0.25) is 0 Å². The minimum absolute atomic E-state index is 0.169. The lowest BCUT2D eigenvalue weighted by molar-refractivity contribution is 0.128. The number of amides is 1. The Labute approximate surface area is 78.4 Å². The molecule has 2 rings (SSSR count). The van der Waals surface area contributed by atoms with Crippen LogP contribution >= 0.6 is 0 Å². The van der Waals surface area contributed by atoms with Gasteiger partial charge in [0.05, 0.1) is 7.11 Å². The van der Waals surface area contributed by atoms with Gasteiger partial charge in [0.15, 0.2) is 0 Å². The first-order valence-corrected chi connectivity index (χ1v) is 4.72. The summed E-state index contributed by atoms with van der Waals surface area (Å²) in [5, 5.41) is 0. The maximum Gasteiger partial charge on any atom is 0.409 e. The van der Waals surface area contributed by atoms with E-state index in [0.717, 1.165) is 26.2 Å². The van der Waals surface area contributed by atoms with Crippen LogP contribution < -0.4 is 0 Å². The highest BCUT2D eigenvalue weighted by Gasteiger charge is 2.40. The van der Waals surface area contributed by atoms with Gasteiger partial charge in [-0.25, -0.2) is 4.79 Å². The van der Waals surface area contributed by atoms with Gasteiger partial charge < -0.3 is 14.5 Å². The lowest BCUT2D eigenvalue weighted by atomic mass is 10.0. The number of likely N-dealkylation sites (tertiary alicyclic amines) is 2. The monoisotopic (exact) mass is 184 g/mol. The summed E-state index contributed by atoms with van der Waals surface area (Å²) in [5.74, 6) is 1.34. The van der Waals surface area contributed by atoms with Crippen molar-refractivity contribution >= 4 is 6.09 Å². The molecule has 0 aromatic rings. The summed E-state index contributed by atoms with van der Waals surface area (Å²) >= 11 is 0. The Bertz CT molecular complexity index is 206. The van der Waals surface area contributed by atoms with E-state index >= 15 is 0 Å². The van der Waals surface area contributed by atoms with E-state index in [1.54, 1.807) is 0 Å². The van der Waals surface area contributed by atoms with Crippen molar-refractivity contribution in [3.05, 3.63) is 0 Å². The Kier molecular flexibility index (Phi) is 2.15. The maximum absolute atomic E-state index is 11.2. The quantitative estimate of drug-likeness (QED) is 0.541. The number of carbonyl (C=O) groups is 1. The van der Waals surface area contributed by atoms with Gasteiger partial charge in [-0.1, -0.05) is 0 Å². The van der Waals surface area contributed by atoms with E-state index in [-0.39, 0.29) is 6.09 Å². The molecule has 13 heavy (non-hydrogen) atoms. The Morgan fingerprint density at radius 3 is 2.23 bits per heavy atom. The van der Waals surface area contributed by atoms with Crippen LogP contribution in [0.25, 0.3) is 0 Å². The first kappa shape index (κ1) is 8.81. The predicted octanol–water partition coefficient (Wildman–Crippen LogP) is 0.246. The summed E-state index contributed by atoms with van der Waals surface area (Å²) in [6.45, 7) is 4.00. The van der Waals surface area contributed by atoms with Crippen LogP contribution in [-0.4, -0.2) is 56.2 Å². The smallest absolute Gasteiger partial charge is 0.409 e. The van der Waals surface area contributed by atoms with Crippen molar-refractivity contribution in [2.45, 2.75) is 0 Å². The molecule has 74 valence electrons. The van der Waals surface area contributed by atoms with E-state index < -0.39 is 0 Å². The third kappa shape index (κ3) is 1.50. The Morgan fingerprint density at radius 2 is 1.77 bits per heavy atom. The molecular formula is C9H16N2O2. The molecule has 0 aromatic heterocycles. The van der Waals surface area contributed by atoms with Crippen LogP contribution in [-0.2, 0) is 4.74 Å². The number of carbonyl (C=O) groups excluding carboxylic acids is 1. The summed E-state index contributed by atoms with van der Waals surface area (Å²) in [6.07, 6.45) is -0.169. The number of rotatable bonds is 0. The molecular weight excluding hydrogens is 168 g/mol. The van der Waals surface area contributed by atoms with Crippen molar-refractivity contribution < 1.29 is 9.53 Å².